The highest BCUT2D eigenvalue weighted by Gasteiger charge is 2.31. The number of likely N-dealkylation sites (tertiary alicyclic amines) is 1. The predicted molar refractivity (Wildman–Crippen MR) is 139 cm³/mol. The summed E-state index contributed by atoms with van der Waals surface area (Å²) in [7, 11) is 0. The van der Waals surface area contributed by atoms with Crippen LogP contribution in [-0.4, -0.2) is 82.0 Å². The first kappa shape index (κ1) is 22.5. The van der Waals surface area contributed by atoms with Gasteiger partial charge in [-0.25, -0.2) is 9.97 Å². The van der Waals surface area contributed by atoms with Gasteiger partial charge in [0.2, 0.25) is 5.91 Å². The molecule has 2 fully saturated rings. The summed E-state index contributed by atoms with van der Waals surface area (Å²) >= 11 is 0. The Morgan fingerprint density at radius 1 is 0.889 bits per heavy atom. The third-order valence-corrected chi connectivity index (χ3v) is 7.25. The molecule has 9 heteroatoms. The van der Waals surface area contributed by atoms with E-state index in [0.717, 1.165) is 60.5 Å². The van der Waals surface area contributed by atoms with E-state index in [9.17, 15) is 9.59 Å². The molecule has 0 spiro atoms. The van der Waals surface area contributed by atoms with Gasteiger partial charge in [-0.2, -0.15) is 0 Å². The summed E-state index contributed by atoms with van der Waals surface area (Å²) in [5.41, 5.74) is 7.44. The molecule has 2 amide bonds. The highest BCUT2D eigenvalue weighted by molar-refractivity contribution is 5.93. The quantitative estimate of drug-likeness (QED) is 0.450. The molecule has 2 aliphatic rings. The summed E-state index contributed by atoms with van der Waals surface area (Å²) in [6.07, 6.45) is 2.00. The number of nitrogens with two attached hydrogens (primary N) is 1. The number of aromatic nitrogens is 3. The van der Waals surface area contributed by atoms with E-state index in [-0.39, 0.29) is 11.6 Å². The first-order chi connectivity index (χ1) is 17.5. The summed E-state index contributed by atoms with van der Waals surface area (Å²) in [4.78, 5) is 40.0. The van der Waals surface area contributed by atoms with Crippen molar-refractivity contribution in [2.45, 2.75) is 6.54 Å². The van der Waals surface area contributed by atoms with Crippen LogP contribution in [0.25, 0.3) is 21.9 Å². The molecule has 0 aliphatic carbocycles. The summed E-state index contributed by atoms with van der Waals surface area (Å²) in [5, 5.41) is 2.13. The highest BCUT2D eigenvalue weighted by Crippen LogP contribution is 2.23. The van der Waals surface area contributed by atoms with Gasteiger partial charge in [0.05, 0.1) is 12.1 Å². The van der Waals surface area contributed by atoms with Crippen molar-refractivity contribution in [3.8, 4) is 0 Å². The summed E-state index contributed by atoms with van der Waals surface area (Å²) in [6, 6.07) is 17.8. The van der Waals surface area contributed by atoms with Crippen LogP contribution < -0.4 is 10.6 Å². The van der Waals surface area contributed by atoms with Gasteiger partial charge in [-0.1, -0.05) is 18.2 Å². The number of fused-ring (bicyclic) bond motifs is 2. The Morgan fingerprint density at radius 3 is 2.47 bits per heavy atom. The van der Waals surface area contributed by atoms with Crippen molar-refractivity contribution < 1.29 is 9.59 Å². The van der Waals surface area contributed by atoms with E-state index in [4.69, 9.17) is 10.7 Å². The lowest BCUT2D eigenvalue weighted by Crippen LogP contribution is -2.55. The number of pyridine rings is 2. The molecule has 3 aromatic heterocycles. The number of hydrogen-bond donors (Lipinski definition) is 1. The SMILES string of the molecule is NC(=O)c1ccc2ccn(CC3CN(CC(=O)N4CCN(c5ccc6ccccc6n5)CC4)C3)c2n1. The Morgan fingerprint density at radius 2 is 1.67 bits per heavy atom. The van der Waals surface area contributed by atoms with Crippen molar-refractivity contribution in [2.75, 3.05) is 50.7 Å². The van der Waals surface area contributed by atoms with Crippen LogP contribution in [0.5, 0.6) is 0 Å². The number of anilines is 1. The number of piperazine rings is 1. The average Bonchev–Trinajstić information content (AvgIpc) is 3.29. The lowest BCUT2D eigenvalue weighted by molar-refractivity contribution is -0.134. The molecule has 6 rings (SSSR count). The lowest BCUT2D eigenvalue weighted by atomic mass is 10.00. The number of primary amides is 1. The fourth-order valence-corrected chi connectivity index (χ4v) is 5.25. The van der Waals surface area contributed by atoms with Gasteiger partial charge >= 0.3 is 0 Å². The first-order valence-corrected chi connectivity index (χ1v) is 12.4. The summed E-state index contributed by atoms with van der Waals surface area (Å²) < 4.78 is 2.08. The Labute approximate surface area is 209 Å². The number of benzene rings is 1. The van der Waals surface area contributed by atoms with E-state index in [2.05, 4.69) is 37.5 Å². The van der Waals surface area contributed by atoms with Gasteiger partial charge in [-0.3, -0.25) is 14.5 Å². The third kappa shape index (κ3) is 4.37. The second kappa shape index (κ2) is 9.23. The molecule has 4 aromatic rings. The van der Waals surface area contributed by atoms with Gasteiger partial charge in [-0.15, -0.1) is 0 Å². The normalized spacial score (nSPS) is 17.0. The maximum absolute atomic E-state index is 12.9. The van der Waals surface area contributed by atoms with Gasteiger partial charge < -0.3 is 20.1 Å². The van der Waals surface area contributed by atoms with E-state index in [0.29, 0.717) is 25.6 Å². The summed E-state index contributed by atoms with van der Waals surface area (Å²) in [6.45, 7) is 6.04. The van der Waals surface area contributed by atoms with Crippen LogP contribution in [0.15, 0.2) is 60.8 Å². The number of amides is 2. The minimum atomic E-state index is -0.521. The molecular formula is C27H29N7O2. The topological polar surface area (TPSA) is 101 Å². The zero-order valence-electron chi connectivity index (χ0n) is 20.1. The number of nitrogens with zero attached hydrogens (tertiary/aromatic N) is 6. The van der Waals surface area contributed by atoms with Crippen molar-refractivity contribution in [2.24, 2.45) is 11.7 Å². The van der Waals surface area contributed by atoms with E-state index < -0.39 is 5.91 Å². The average molecular weight is 484 g/mol. The molecule has 2 saturated heterocycles. The maximum atomic E-state index is 12.9. The lowest BCUT2D eigenvalue weighted by Gasteiger charge is -2.41. The van der Waals surface area contributed by atoms with Crippen LogP contribution in [0.3, 0.4) is 0 Å². The first-order valence-electron chi connectivity index (χ1n) is 12.4. The van der Waals surface area contributed by atoms with Crippen LogP contribution in [0.2, 0.25) is 0 Å². The van der Waals surface area contributed by atoms with Crippen molar-refractivity contribution in [3.05, 3.63) is 66.5 Å². The van der Waals surface area contributed by atoms with Crippen LogP contribution in [0, 0.1) is 5.92 Å². The van der Waals surface area contributed by atoms with E-state index in [1.54, 1.807) is 6.07 Å². The van der Waals surface area contributed by atoms with E-state index in [1.165, 1.54) is 0 Å². The molecule has 5 heterocycles. The van der Waals surface area contributed by atoms with Gasteiger partial charge in [0.1, 0.15) is 17.2 Å². The number of hydrogen-bond acceptors (Lipinski definition) is 6. The van der Waals surface area contributed by atoms with Gasteiger partial charge in [-0.05, 0) is 36.4 Å². The van der Waals surface area contributed by atoms with Crippen LogP contribution in [0.1, 0.15) is 10.5 Å². The largest absolute Gasteiger partial charge is 0.364 e. The monoisotopic (exact) mass is 483 g/mol. The molecule has 2 aliphatic heterocycles. The van der Waals surface area contributed by atoms with E-state index >= 15 is 0 Å². The van der Waals surface area contributed by atoms with Crippen molar-refractivity contribution >= 4 is 39.6 Å². The van der Waals surface area contributed by atoms with Crippen molar-refractivity contribution in [1.82, 2.24) is 24.3 Å². The molecule has 1 aromatic carbocycles. The molecule has 36 heavy (non-hydrogen) atoms. The Hall–Kier alpha value is -3.98. The van der Waals surface area contributed by atoms with Crippen LogP contribution >= 0.6 is 0 Å². The van der Waals surface area contributed by atoms with Gasteiger partial charge in [0, 0.05) is 68.7 Å². The Kier molecular flexibility index (Phi) is 5.77. The molecule has 2 N–H and O–H groups in total. The zero-order valence-corrected chi connectivity index (χ0v) is 20.1. The molecule has 0 unspecified atom stereocenters. The molecule has 184 valence electrons. The van der Waals surface area contributed by atoms with Gasteiger partial charge in [0.25, 0.3) is 5.91 Å². The number of carbonyl (C=O) groups is 2. The molecule has 0 atom stereocenters. The minimum absolute atomic E-state index is 0.193. The molecule has 9 nitrogen and oxygen atoms in total. The zero-order chi connectivity index (χ0) is 24.6. The second-order valence-corrected chi connectivity index (χ2v) is 9.73. The van der Waals surface area contributed by atoms with Gasteiger partial charge in [0.15, 0.2) is 0 Å². The number of para-hydroxylation sites is 1. The van der Waals surface area contributed by atoms with E-state index in [1.807, 2.05) is 41.4 Å². The highest BCUT2D eigenvalue weighted by atomic mass is 16.2. The van der Waals surface area contributed by atoms with Crippen molar-refractivity contribution in [3.63, 3.8) is 0 Å². The molecule has 0 radical (unpaired) electrons. The second-order valence-electron chi connectivity index (χ2n) is 9.73. The third-order valence-electron chi connectivity index (χ3n) is 7.25. The smallest absolute Gasteiger partial charge is 0.267 e. The number of carbonyl (C=O) groups excluding carboxylic acids is 2. The van der Waals surface area contributed by atoms with Crippen LogP contribution in [0.4, 0.5) is 5.82 Å². The Bertz CT molecular complexity index is 1430. The Balaban J connectivity index is 0.988. The fraction of sp³-hybridized carbons (Fsp3) is 0.333. The molecule has 0 bridgehead atoms. The standard InChI is InChI=1S/C27H29N7O2/c28-26(36)23-7-5-21-9-10-34(27(21)30-23)17-19-15-31(16-19)18-25(35)33-13-11-32(12-14-33)24-8-6-20-3-1-2-4-22(20)29-24/h1-10,19H,11-18H2,(H2,28,36). The minimum Gasteiger partial charge on any atom is -0.364 e. The van der Waals surface area contributed by atoms with Crippen LogP contribution in [-0.2, 0) is 11.3 Å². The molecule has 0 saturated carbocycles. The molecular weight excluding hydrogens is 454 g/mol. The predicted octanol–water partition coefficient (Wildman–Crippen LogP) is 1.96. The summed E-state index contributed by atoms with van der Waals surface area (Å²) in [5.74, 6) is 1.09. The number of rotatable bonds is 6. The maximum Gasteiger partial charge on any atom is 0.267 e. The fourth-order valence-electron chi connectivity index (χ4n) is 5.25. The van der Waals surface area contributed by atoms with Crippen molar-refractivity contribution in [1.29, 1.82) is 0 Å².